The Morgan fingerprint density at radius 3 is 2.52 bits per heavy atom. The summed E-state index contributed by atoms with van der Waals surface area (Å²) in [5.74, 6) is 0.390. The summed E-state index contributed by atoms with van der Waals surface area (Å²) in [5.41, 5.74) is 0.451. The first-order chi connectivity index (χ1) is 13.6. The van der Waals surface area contributed by atoms with Crippen LogP contribution in [0.5, 0.6) is 0 Å². The van der Waals surface area contributed by atoms with Crippen LogP contribution in [0.15, 0.2) is 24.3 Å². The molecule has 29 heavy (non-hydrogen) atoms. The molecule has 7 nitrogen and oxygen atoms in total. The minimum Gasteiger partial charge on any atom is -0.444 e. The van der Waals surface area contributed by atoms with Crippen LogP contribution in [0.1, 0.15) is 51.4 Å². The highest BCUT2D eigenvalue weighted by Gasteiger charge is 2.23. The predicted octanol–water partition coefficient (Wildman–Crippen LogP) is 3.51. The van der Waals surface area contributed by atoms with Crippen molar-refractivity contribution >= 4 is 17.7 Å². The number of ether oxygens (including phenoxy) is 2. The van der Waals surface area contributed by atoms with Gasteiger partial charge in [0.25, 0.3) is 5.91 Å². The molecule has 1 aromatic rings. The molecule has 1 heterocycles. The molecule has 0 saturated carbocycles. The molecule has 0 bridgehead atoms. The lowest BCUT2D eigenvalue weighted by Gasteiger charge is -2.35. The highest BCUT2D eigenvalue weighted by Crippen LogP contribution is 2.15. The van der Waals surface area contributed by atoms with Gasteiger partial charge < -0.3 is 14.8 Å². The second-order valence-corrected chi connectivity index (χ2v) is 8.85. The zero-order valence-corrected chi connectivity index (χ0v) is 18.3. The lowest BCUT2D eigenvalue weighted by molar-refractivity contribution is 0.0124. The number of benzene rings is 1. The van der Waals surface area contributed by atoms with Crippen LogP contribution in [0, 0.1) is 5.92 Å². The van der Waals surface area contributed by atoms with E-state index in [0.29, 0.717) is 23.7 Å². The Hall–Kier alpha value is -2.12. The van der Waals surface area contributed by atoms with Crippen LogP contribution in [-0.2, 0) is 9.47 Å². The molecule has 2 N–H and O–H groups in total. The number of anilines is 1. The van der Waals surface area contributed by atoms with Gasteiger partial charge in [-0.15, -0.1) is 0 Å². The second-order valence-electron chi connectivity index (χ2n) is 8.85. The molecule has 2 rings (SSSR count). The van der Waals surface area contributed by atoms with E-state index in [-0.39, 0.29) is 11.9 Å². The van der Waals surface area contributed by atoms with Crippen LogP contribution in [0.4, 0.5) is 10.5 Å². The Kier molecular flexibility index (Phi) is 8.46. The average molecular weight is 406 g/mol. The van der Waals surface area contributed by atoms with Gasteiger partial charge in [0.15, 0.2) is 0 Å². The molecule has 1 saturated heterocycles. The van der Waals surface area contributed by atoms with Gasteiger partial charge in [0.1, 0.15) is 5.60 Å². The van der Waals surface area contributed by atoms with Gasteiger partial charge in [-0.05, 0) is 51.3 Å². The standard InChI is InChI=1S/C22H35N3O4/c1-16(2)13-19(25-9-11-28-12-10-25)15-23-20(26)17-7-6-8-18(14-17)24-21(27)29-22(3,4)5/h6-8,14,16,19H,9-13,15H2,1-5H3,(H,23,26)(H,24,27)/t19-/m1/s1. The molecule has 1 aromatic carbocycles. The topological polar surface area (TPSA) is 79.9 Å². The van der Waals surface area contributed by atoms with Gasteiger partial charge in [0.2, 0.25) is 0 Å². The van der Waals surface area contributed by atoms with E-state index in [0.717, 1.165) is 32.7 Å². The van der Waals surface area contributed by atoms with Crippen molar-refractivity contribution < 1.29 is 19.1 Å². The van der Waals surface area contributed by atoms with Crippen LogP contribution in [0.25, 0.3) is 0 Å². The van der Waals surface area contributed by atoms with E-state index in [1.54, 1.807) is 45.0 Å². The van der Waals surface area contributed by atoms with Crippen molar-refractivity contribution in [3.63, 3.8) is 0 Å². The van der Waals surface area contributed by atoms with E-state index in [2.05, 4.69) is 29.4 Å². The van der Waals surface area contributed by atoms with Crippen LogP contribution in [-0.4, -0.2) is 61.4 Å². The first kappa shape index (κ1) is 23.2. The molecule has 1 atom stereocenters. The van der Waals surface area contributed by atoms with Crippen LogP contribution >= 0.6 is 0 Å². The van der Waals surface area contributed by atoms with Crippen LogP contribution in [0.3, 0.4) is 0 Å². The van der Waals surface area contributed by atoms with E-state index < -0.39 is 11.7 Å². The van der Waals surface area contributed by atoms with Crippen molar-refractivity contribution in [2.75, 3.05) is 38.2 Å². The third-order valence-electron chi connectivity index (χ3n) is 4.57. The number of morpholine rings is 1. The Bertz CT molecular complexity index is 679. The van der Waals surface area contributed by atoms with Gasteiger partial charge >= 0.3 is 6.09 Å². The third kappa shape index (κ3) is 8.41. The lowest BCUT2D eigenvalue weighted by atomic mass is 10.0. The smallest absolute Gasteiger partial charge is 0.412 e. The molecule has 0 aliphatic carbocycles. The summed E-state index contributed by atoms with van der Waals surface area (Å²) < 4.78 is 10.7. The summed E-state index contributed by atoms with van der Waals surface area (Å²) in [4.78, 5) is 27.0. The number of hydrogen-bond acceptors (Lipinski definition) is 5. The highest BCUT2D eigenvalue weighted by molar-refractivity contribution is 5.96. The number of nitrogens with one attached hydrogen (secondary N) is 2. The predicted molar refractivity (Wildman–Crippen MR) is 114 cm³/mol. The van der Waals surface area contributed by atoms with Gasteiger partial charge in [0.05, 0.1) is 13.2 Å². The van der Waals surface area contributed by atoms with Crippen molar-refractivity contribution in [2.45, 2.75) is 52.7 Å². The first-order valence-corrected chi connectivity index (χ1v) is 10.3. The molecule has 0 spiro atoms. The second kappa shape index (κ2) is 10.6. The van der Waals surface area contributed by atoms with Gasteiger partial charge in [-0.3, -0.25) is 15.0 Å². The van der Waals surface area contributed by atoms with Gasteiger partial charge in [-0.25, -0.2) is 4.79 Å². The summed E-state index contributed by atoms with van der Waals surface area (Å²) in [7, 11) is 0. The van der Waals surface area contributed by atoms with Gasteiger partial charge in [-0.2, -0.15) is 0 Å². The molecule has 0 unspecified atom stereocenters. The fourth-order valence-corrected chi connectivity index (χ4v) is 3.32. The molecule has 1 aliphatic rings. The number of carbonyl (C=O) groups excluding carboxylic acids is 2. The molecule has 0 radical (unpaired) electrons. The lowest BCUT2D eigenvalue weighted by Crippen LogP contribution is -2.49. The van der Waals surface area contributed by atoms with Crippen LogP contribution < -0.4 is 10.6 Å². The molecule has 2 amide bonds. The van der Waals surface area contributed by atoms with Crippen LogP contribution in [0.2, 0.25) is 0 Å². The van der Waals surface area contributed by atoms with Crippen molar-refractivity contribution in [3.8, 4) is 0 Å². The summed E-state index contributed by atoms with van der Waals surface area (Å²) in [6, 6.07) is 7.16. The van der Waals surface area contributed by atoms with Gasteiger partial charge in [-0.1, -0.05) is 19.9 Å². The zero-order chi connectivity index (χ0) is 21.4. The molecule has 1 aliphatic heterocycles. The van der Waals surface area contributed by atoms with E-state index in [4.69, 9.17) is 9.47 Å². The molecule has 1 fully saturated rings. The summed E-state index contributed by atoms with van der Waals surface area (Å²) in [6.07, 6.45) is 0.472. The Morgan fingerprint density at radius 1 is 1.21 bits per heavy atom. The van der Waals surface area contributed by atoms with Crippen molar-refractivity contribution in [1.82, 2.24) is 10.2 Å². The maximum absolute atomic E-state index is 12.7. The monoisotopic (exact) mass is 405 g/mol. The number of rotatable bonds is 7. The van der Waals surface area contributed by atoms with E-state index in [9.17, 15) is 9.59 Å². The quantitative estimate of drug-likeness (QED) is 0.726. The van der Waals surface area contributed by atoms with Gasteiger partial charge in [0, 0.05) is 36.9 Å². The Morgan fingerprint density at radius 2 is 1.90 bits per heavy atom. The van der Waals surface area contributed by atoms with Crippen molar-refractivity contribution in [2.24, 2.45) is 5.92 Å². The van der Waals surface area contributed by atoms with E-state index in [1.807, 2.05) is 0 Å². The maximum Gasteiger partial charge on any atom is 0.412 e. The zero-order valence-electron chi connectivity index (χ0n) is 18.3. The Balaban J connectivity index is 1.95. The summed E-state index contributed by atoms with van der Waals surface area (Å²) >= 11 is 0. The Labute approximate surface area is 174 Å². The fraction of sp³-hybridized carbons (Fsp3) is 0.636. The third-order valence-corrected chi connectivity index (χ3v) is 4.57. The molecule has 162 valence electrons. The number of nitrogens with zero attached hydrogens (tertiary/aromatic N) is 1. The van der Waals surface area contributed by atoms with E-state index in [1.165, 1.54) is 0 Å². The highest BCUT2D eigenvalue weighted by atomic mass is 16.6. The average Bonchev–Trinajstić information content (AvgIpc) is 2.64. The fourth-order valence-electron chi connectivity index (χ4n) is 3.32. The number of carbonyl (C=O) groups is 2. The summed E-state index contributed by atoms with van der Waals surface area (Å²) in [5, 5.41) is 5.73. The largest absolute Gasteiger partial charge is 0.444 e. The number of amides is 2. The number of hydrogen-bond donors (Lipinski definition) is 2. The minimum atomic E-state index is -0.579. The van der Waals surface area contributed by atoms with Crippen molar-refractivity contribution in [1.29, 1.82) is 0 Å². The normalized spacial score (nSPS) is 16.3. The molecule has 7 heteroatoms. The van der Waals surface area contributed by atoms with E-state index >= 15 is 0 Å². The molecular formula is C22H35N3O4. The summed E-state index contributed by atoms with van der Waals surface area (Å²) in [6.45, 7) is 13.6. The first-order valence-electron chi connectivity index (χ1n) is 10.3. The molecule has 0 aromatic heterocycles. The van der Waals surface area contributed by atoms with Crippen molar-refractivity contribution in [3.05, 3.63) is 29.8 Å². The molecular weight excluding hydrogens is 370 g/mol. The maximum atomic E-state index is 12.7. The SMILES string of the molecule is CC(C)C[C@H](CNC(=O)c1cccc(NC(=O)OC(C)(C)C)c1)N1CCOCC1. The minimum absolute atomic E-state index is 0.153.